The summed E-state index contributed by atoms with van der Waals surface area (Å²) in [7, 11) is -3.85. The highest BCUT2D eigenvalue weighted by Gasteiger charge is 2.16. The number of ether oxygens (including phenoxy) is 2. The summed E-state index contributed by atoms with van der Waals surface area (Å²) in [4.78, 5) is 12.6. The second-order valence-corrected chi connectivity index (χ2v) is 10.00. The van der Waals surface area contributed by atoms with Crippen LogP contribution >= 0.6 is 0 Å². The highest BCUT2D eigenvalue weighted by Crippen LogP contribution is 2.30. The molecule has 0 saturated carbocycles. The average molecular weight is 508 g/mol. The summed E-state index contributed by atoms with van der Waals surface area (Å²) in [5.74, 6) is 0.748. The summed E-state index contributed by atoms with van der Waals surface area (Å²) in [5.41, 5.74) is 3.02. The number of amides is 2. The van der Waals surface area contributed by atoms with Crippen LogP contribution in [0.25, 0.3) is 22.2 Å². The van der Waals surface area contributed by atoms with Gasteiger partial charge in [0, 0.05) is 35.2 Å². The van der Waals surface area contributed by atoms with E-state index in [0.717, 1.165) is 24.1 Å². The van der Waals surface area contributed by atoms with Gasteiger partial charge in [-0.05, 0) is 54.6 Å². The molecule has 5 rings (SSSR count). The van der Waals surface area contributed by atoms with Crippen LogP contribution in [-0.2, 0) is 14.8 Å². The topological polar surface area (TPSA) is 148 Å². The maximum atomic E-state index is 12.6. The Hall–Kier alpha value is -3.93. The SMILES string of the molecule is NS(=O)(=O)c1cccc(-c2n[nH]c3ccc(NC(=O)Nc4ccc(OC5CCOCC5)cc4)cc23)c1. The van der Waals surface area contributed by atoms with Crippen molar-refractivity contribution >= 4 is 38.3 Å². The van der Waals surface area contributed by atoms with Gasteiger partial charge in [0.2, 0.25) is 10.0 Å². The molecular formula is C25H25N5O5S. The number of anilines is 2. The van der Waals surface area contributed by atoms with E-state index in [-0.39, 0.29) is 11.0 Å². The fourth-order valence-electron chi connectivity index (χ4n) is 4.03. The van der Waals surface area contributed by atoms with E-state index in [9.17, 15) is 13.2 Å². The van der Waals surface area contributed by atoms with Gasteiger partial charge in [0.1, 0.15) is 17.5 Å². The Morgan fingerprint density at radius 3 is 2.47 bits per heavy atom. The van der Waals surface area contributed by atoms with Gasteiger partial charge in [-0.15, -0.1) is 0 Å². The van der Waals surface area contributed by atoms with E-state index in [1.54, 1.807) is 42.5 Å². The van der Waals surface area contributed by atoms with Crippen molar-refractivity contribution in [2.75, 3.05) is 23.8 Å². The van der Waals surface area contributed by atoms with Crippen molar-refractivity contribution in [3.05, 3.63) is 66.7 Å². The molecule has 1 aliphatic heterocycles. The molecule has 2 amide bonds. The van der Waals surface area contributed by atoms with Crippen LogP contribution in [0.3, 0.4) is 0 Å². The molecule has 3 aromatic carbocycles. The van der Waals surface area contributed by atoms with Crippen LogP contribution in [0.4, 0.5) is 16.2 Å². The number of benzene rings is 3. The molecule has 0 radical (unpaired) electrons. The fourth-order valence-corrected chi connectivity index (χ4v) is 4.59. The van der Waals surface area contributed by atoms with Crippen LogP contribution in [0.2, 0.25) is 0 Å². The molecule has 2 heterocycles. The normalized spacial score (nSPS) is 14.5. The van der Waals surface area contributed by atoms with Crippen molar-refractivity contribution in [3.63, 3.8) is 0 Å². The molecule has 0 unspecified atom stereocenters. The van der Waals surface area contributed by atoms with E-state index in [1.807, 2.05) is 12.1 Å². The van der Waals surface area contributed by atoms with Crippen molar-refractivity contribution in [3.8, 4) is 17.0 Å². The predicted octanol–water partition coefficient (Wildman–Crippen LogP) is 4.08. The molecule has 1 saturated heterocycles. The Kier molecular flexibility index (Phi) is 6.59. The quantitative estimate of drug-likeness (QED) is 0.309. The molecule has 1 fully saturated rings. The molecule has 0 bridgehead atoms. The highest BCUT2D eigenvalue weighted by molar-refractivity contribution is 7.89. The summed E-state index contributed by atoms with van der Waals surface area (Å²) in [5, 5.41) is 18.8. The van der Waals surface area contributed by atoms with Gasteiger partial charge < -0.3 is 20.1 Å². The van der Waals surface area contributed by atoms with E-state index in [2.05, 4.69) is 20.8 Å². The third-order valence-corrected chi connectivity index (χ3v) is 6.75. The number of primary sulfonamides is 1. The van der Waals surface area contributed by atoms with Gasteiger partial charge in [0.15, 0.2) is 0 Å². The Balaban J connectivity index is 1.28. The molecule has 4 aromatic rings. The van der Waals surface area contributed by atoms with Gasteiger partial charge in [-0.2, -0.15) is 5.10 Å². The lowest BCUT2D eigenvalue weighted by Gasteiger charge is -2.23. The summed E-state index contributed by atoms with van der Waals surface area (Å²) in [6.45, 7) is 1.41. The van der Waals surface area contributed by atoms with Crippen LogP contribution in [0.1, 0.15) is 12.8 Å². The number of urea groups is 1. The highest BCUT2D eigenvalue weighted by atomic mass is 32.2. The number of carbonyl (C=O) groups is 1. The lowest BCUT2D eigenvalue weighted by molar-refractivity contribution is 0.0256. The number of sulfonamides is 1. The third kappa shape index (κ3) is 5.48. The third-order valence-electron chi connectivity index (χ3n) is 5.84. The summed E-state index contributed by atoms with van der Waals surface area (Å²) < 4.78 is 34.8. The molecule has 11 heteroatoms. The van der Waals surface area contributed by atoms with Crippen LogP contribution in [0, 0.1) is 0 Å². The van der Waals surface area contributed by atoms with Gasteiger partial charge in [0.25, 0.3) is 0 Å². The van der Waals surface area contributed by atoms with Gasteiger partial charge in [0.05, 0.1) is 23.6 Å². The number of rotatable bonds is 6. The fraction of sp³-hybridized carbons (Fsp3) is 0.200. The summed E-state index contributed by atoms with van der Waals surface area (Å²) >= 11 is 0. The first-order valence-electron chi connectivity index (χ1n) is 11.4. The van der Waals surface area contributed by atoms with Gasteiger partial charge in [-0.3, -0.25) is 5.10 Å². The smallest absolute Gasteiger partial charge is 0.323 e. The minimum atomic E-state index is -3.85. The standard InChI is InChI=1S/C25H25N5O5S/c26-36(32,33)21-3-1-2-16(14-21)24-22-15-18(6-9-23(22)29-30-24)28-25(31)27-17-4-7-19(8-5-17)35-20-10-12-34-13-11-20/h1-9,14-15,20H,10-13H2,(H,29,30)(H2,26,32,33)(H2,27,28,31). The maximum Gasteiger partial charge on any atom is 0.323 e. The molecule has 0 atom stereocenters. The Morgan fingerprint density at radius 1 is 1.00 bits per heavy atom. The van der Waals surface area contributed by atoms with Gasteiger partial charge in [-0.25, -0.2) is 18.4 Å². The number of hydrogen-bond donors (Lipinski definition) is 4. The first-order valence-corrected chi connectivity index (χ1v) is 12.9. The second-order valence-electron chi connectivity index (χ2n) is 8.44. The maximum absolute atomic E-state index is 12.6. The van der Waals surface area contributed by atoms with Gasteiger partial charge in [-0.1, -0.05) is 12.1 Å². The molecule has 36 heavy (non-hydrogen) atoms. The van der Waals surface area contributed by atoms with Crippen molar-refractivity contribution in [1.29, 1.82) is 0 Å². The number of carbonyl (C=O) groups excluding carboxylic acids is 1. The largest absolute Gasteiger partial charge is 0.490 e. The molecule has 1 aromatic heterocycles. The molecular weight excluding hydrogens is 482 g/mol. The molecule has 0 aliphatic carbocycles. The zero-order chi connectivity index (χ0) is 25.1. The Morgan fingerprint density at radius 2 is 1.72 bits per heavy atom. The number of nitrogens with two attached hydrogens (primary N) is 1. The molecule has 10 nitrogen and oxygen atoms in total. The van der Waals surface area contributed by atoms with Crippen molar-refractivity contribution < 1.29 is 22.7 Å². The van der Waals surface area contributed by atoms with Crippen LogP contribution in [0.5, 0.6) is 5.75 Å². The number of H-pyrrole nitrogens is 1. The van der Waals surface area contributed by atoms with E-state index in [1.165, 1.54) is 12.1 Å². The minimum Gasteiger partial charge on any atom is -0.490 e. The Bertz CT molecular complexity index is 1500. The van der Waals surface area contributed by atoms with Crippen molar-refractivity contribution in [2.45, 2.75) is 23.8 Å². The van der Waals surface area contributed by atoms with E-state index < -0.39 is 16.1 Å². The van der Waals surface area contributed by atoms with Crippen LogP contribution < -0.4 is 20.5 Å². The molecule has 186 valence electrons. The lowest BCUT2D eigenvalue weighted by atomic mass is 10.1. The second kappa shape index (κ2) is 9.97. The average Bonchev–Trinajstić information content (AvgIpc) is 3.29. The van der Waals surface area contributed by atoms with E-state index in [0.29, 0.717) is 41.2 Å². The van der Waals surface area contributed by atoms with Crippen LogP contribution in [0.15, 0.2) is 71.6 Å². The first kappa shape index (κ1) is 23.8. The predicted molar refractivity (Wildman–Crippen MR) is 136 cm³/mol. The number of aromatic nitrogens is 2. The molecule has 5 N–H and O–H groups in total. The van der Waals surface area contributed by atoms with Crippen molar-refractivity contribution in [1.82, 2.24) is 10.2 Å². The number of nitrogens with one attached hydrogen (secondary N) is 3. The van der Waals surface area contributed by atoms with Crippen molar-refractivity contribution in [2.24, 2.45) is 5.14 Å². The zero-order valence-electron chi connectivity index (χ0n) is 19.2. The lowest BCUT2D eigenvalue weighted by Crippen LogP contribution is -2.25. The number of hydrogen-bond acceptors (Lipinski definition) is 6. The minimum absolute atomic E-state index is 0.00557. The first-order chi connectivity index (χ1) is 17.3. The summed E-state index contributed by atoms with van der Waals surface area (Å²) in [6, 6.07) is 18.3. The summed E-state index contributed by atoms with van der Waals surface area (Å²) in [6.07, 6.45) is 1.87. The Labute approximate surface area is 207 Å². The van der Waals surface area contributed by atoms with E-state index in [4.69, 9.17) is 14.6 Å². The number of fused-ring (bicyclic) bond motifs is 1. The van der Waals surface area contributed by atoms with Crippen LogP contribution in [-0.4, -0.2) is 44.0 Å². The monoisotopic (exact) mass is 507 g/mol. The zero-order valence-corrected chi connectivity index (χ0v) is 20.0. The molecule has 1 aliphatic rings. The van der Waals surface area contributed by atoms with E-state index >= 15 is 0 Å². The number of aromatic amines is 1. The molecule has 0 spiro atoms. The van der Waals surface area contributed by atoms with Gasteiger partial charge >= 0.3 is 6.03 Å². The number of nitrogens with zero attached hydrogens (tertiary/aromatic N) is 1.